The fraction of sp³-hybridized carbons (Fsp3) is 0.652. The van der Waals surface area contributed by atoms with Crippen LogP contribution in [0.2, 0.25) is 0 Å². The fourth-order valence-corrected chi connectivity index (χ4v) is 7.23. The minimum Gasteiger partial charge on any atom is -0.369 e. The monoisotopic (exact) mass is 366 g/mol. The van der Waals surface area contributed by atoms with E-state index in [2.05, 4.69) is 17.4 Å². The molecule has 1 aromatic rings. The van der Waals surface area contributed by atoms with Gasteiger partial charge in [-0.1, -0.05) is 43.2 Å². The molecular weight excluding hydrogens is 336 g/mol. The summed E-state index contributed by atoms with van der Waals surface area (Å²) in [6.07, 6.45) is 9.14. The zero-order valence-electron chi connectivity index (χ0n) is 16.0. The second-order valence-corrected chi connectivity index (χ2v) is 9.77. The highest BCUT2D eigenvalue weighted by molar-refractivity contribution is 5.89. The van der Waals surface area contributed by atoms with Gasteiger partial charge in [-0.15, -0.1) is 0 Å². The molecule has 0 spiro atoms. The van der Waals surface area contributed by atoms with E-state index in [1.807, 2.05) is 18.2 Å². The van der Waals surface area contributed by atoms with Gasteiger partial charge in [-0.2, -0.15) is 0 Å². The van der Waals surface area contributed by atoms with Gasteiger partial charge in [-0.25, -0.2) is 0 Å². The SMILES string of the molecule is NC(=O)C12CC3C[C@H](C1)C(NC(=O)C1(c4ccccc4)CCCC1)[C@@H](C3)C2. The molecule has 0 aromatic heterocycles. The number of carbonyl (C=O) groups is 2. The molecule has 6 rings (SSSR count). The number of amides is 2. The Hall–Kier alpha value is -1.84. The van der Waals surface area contributed by atoms with Crippen LogP contribution in [0.1, 0.15) is 63.4 Å². The number of rotatable bonds is 4. The molecule has 5 fully saturated rings. The molecule has 144 valence electrons. The van der Waals surface area contributed by atoms with Crippen molar-refractivity contribution in [3.05, 3.63) is 35.9 Å². The summed E-state index contributed by atoms with van der Waals surface area (Å²) in [5.74, 6) is 1.57. The minimum atomic E-state index is -0.364. The third kappa shape index (κ3) is 2.55. The second-order valence-electron chi connectivity index (χ2n) is 9.77. The van der Waals surface area contributed by atoms with E-state index in [9.17, 15) is 9.59 Å². The zero-order chi connectivity index (χ0) is 18.6. The van der Waals surface area contributed by atoms with Crippen LogP contribution in [-0.2, 0) is 15.0 Å². The highest BCUT2D eigenvalue weighted by atomic mass is 16.2. The Morgan fingerprint density at radius 2 is 1.59 bits per heavy atom. The lowest BCUT2D eigenvalue weighted by molar-refractivity contribution is -0.148. The van der Waals surface area contributed by atoms with E-state index < -0.39 is 0 Å². The number of benzene rings is 1. The molecule has 4 nitrogen and oxygen atoms in total. The van der Waals surface area contributed by atoms with Crippen molar-refractivity contribution in [3.63, 3.8) is 0 Å². The standard InChI is InChI=1S/C23H30N2O2/c24-20(26)22-12-15-10-16(13-22)19(17(11-15)14-22)25-21(27)23(8-4-5-9-23)18-6-2-1-3-7-18/h1-3,6-7,15-17,19H,4-5,8-14H2,(H2,24,26)(H,25,27)/t15?,16-,17+,19?,22?. The van der Waals surface area contributed by atoms with Crippen molar-refractivity contribution in [1.82, 2.24) is 5.32 Å². The molecular formula is C23H30N2O2. The van der Waals surface area contributed by atoms with E-state index in [-0.39, 0.29) is 28.7 Å². The highest BCUT2D eigenvalue weighted by Crippen LogP contribution is 2.60. The van der Waals surface area contributed by atoms with Crippen molar-refractivity contribution in [2.24, 2.45) is 28.9 Å². The quantitative estimate of drug-likeness (QED) is 0.858. The lowest BCUT2D eigenvalue weighted by atomic mass is 9.47. The van der Waals surface area contributed by atoms with Gasteiger partial charge in [-0.3, -0.25) is 9.59 Å². The molecule has 3 N–H and O–H groups in total. The van der Waals surface area contributed by atoms with Gasteiger partial charge in [0, 0.05) is 11.5 Å². The first-order valence-electron chi connectivity index (χ1n) is 10.7. The smallest absolute Gasteiger partial charge is 0.230 e. The number of hydrogen-bond acceptors (Lipinski definition) is 2. The van der Waals surface area contributed by atoms with Gasteiger partial charge in [0.2, 0.25) is 11.8 Å². The second kappa shape index (κ2) is 6.08. The number of nitrogens with two attached hydrogens (primary N) is 1. The summed E-state index contributed by atoms with van der Waals surface area (Å²) >= 11 is 0. The Labute approximate surface area is 161 Å². The van der Waals surface area contributed by atoms with E-state index in [1.165, 1.54) is 0 Å². The van der Waals surface area contributed by atoms with Crippen LogP contribution >= 0.6 is 0 Å². The summed E-state index contributed by atoms with van der Waals surface area (Å²) in [6, 6.07) is 10.6. The van der Waals surface area contributed by atoms with E-state index in [1.54, 1.807) is 0 Å². The van der Waals surface area contributed by atoms with Crippen LogP contribution in [0.3, 0.4) is 0 Å². The Balaban J connectivity index is 1.39. The molecule has 5 saturated carbocycles. The molecule has 3 unspecified atom stereocenters. The molecule has 0 heterocycles. The van der Waals surface area contributed by atoms with E-state index in [0.717, 1.165) is 63.4 Å². The first-order valence-corrected chi connectivity index (χ1v) is 10.7. The molecule has 2 amide bonds. The summed E-state index contributed by atoms with van der Waals surface area (Å²) in [5, 5.41) is 3.51. The lowest BCUT2D eigenvalue weighted by Gasteiger charge is -2.59. The fourth-order valence-electron chi connectivity index (χ4n) is 7.23. The van der Waals surface area contributed by atoms with E-state index >= 15 is 0 Å². The Kier molecular flexibility index (Phi) is 3.89. The molecule has 0 aliphatic heterocycles. The summed E-state index contributed by atoms with van der Waals surface area (Å²) in [4.78, 5) is 25.7. The third-order valence-corrected chi connectivity index (χ3v) is 8.31. The average molecular weight is 367 g/mol. The Morgan fingerprint density at radius 1 is 0.963 bits per heavy atom. The maximum atomic E-state index is 13.6. The molecule has 5 aliphatic rings. The van der Waals surface area contributed by atoms with Gasteiger partial charge >= 0.3 is 0 Å². The average Bonchev–Trinajstić information content (AvgIpc) is 3.16. The third-order valence-electron chi connectivity index (χ3n) is 8.31. The molecule has 0 radical (unpaired) electrons. The lowest BCUT2D eigenvalue weighted by Crippen LogP contribution is -2.63. The normalized spacial score (nSPS) is 38.7. The molecule has 5 aliphatic carbocycles. The van der Waals surface area contributed by atoms with Crippen molar-refractivity contribution in [3.8, 4) is 0 Å². The maximum Gasteiger partial charge on any atom is 0.230 e. The van der Waals surface area contributed by atoms with Gasteiger partial charge in [-0.05, 0) is 68.3 Å². The van der Waals surface area contributed by atoms with E-state index in [4.69, 9.17) is 5.73 Å². The van der Waals surface area contributed by atoms with Gasteiger partial charge in [0.05, 0.1) is 5.41 Å². The van der Waals surface area contributed by atoms with Gasteiger partial charge in [0.1, 0.15) is 0 Å². The van der Waals surface area contributed by atoms with Crippen molar-refractivity contribution in [2.45, 2.75) is 69.2 Å². The zero-order valence-corrected chi connectivity index (χ0v) is 16.0. The summed E-state index contributed by atoms with van der Waals surface area (Å²) < 4.78 is 0. The molecule has 4 bridgehead atoms. The summed E-state index contributed by atoms with van der Waals surface area (Å²) in [7, 11) is 0. The number of primary amides is 1. The first kappa shape index (κ1) is 17.3. The topological polar surface area (TPSA) is 72.2 Å². The van der Waals surface area contributed by atoms with Crippen LogP contribution in [0.5, 0.6) is 0 Å². The van der Waals surface area contributed by atoms with Gasteiger partial charge in [0.25, 0.3) is 0 Å². The van der Waals surface area contributed by atoms with E-state index in [0.29, 0.717) is 17.8 Å². The summed E-state index contributed by atoms with van der Waals surface area (Å²) in [6.45, 7) is 0. The predicted molar refractivity (Wildman–Crippen MR) is 104 cm³/mol. The number of hydrogen-bond donors (Lipinski definition) is 2. The van der Waals surface area contributed by atoms with Crippen LogP contribution in [0.15, 0.2) is 30.3 Å². The molecule has 27 heavy (non-hydrogen) atoms. The number of carbonyl (C=O) groups excluding carboxylic acids is 2. The van der Waals surface area contributed by atoms with Gasteiger partial charge < -0.3 is 11.1 Å². The maximum absolute atomic E-state index is 13.6. The minimum absolute atomic E-state index is 0.108. The summed E-state index contributed by atoms with van der Waals surface area (Å²) in [5.41, 5.74) is 6.32. The predicted octanol–water partition coefficient (Wildman–Crippen LogP) is 3.29. The van der Waals surface area contributed by atoms with Crippen molar-refractivity contribution in [2.75, 3.05) is 0 Å². The Morgan fingerprint density at radius 3 is 2.19 bits per heavy atom. The largest absolute Gasteiger partial charge is 0.369 e. The molecule has 5 atom stereocenters. The van der Waals surface area contributed by atoms with Crippen LogP contribution in [0.25, 0.3) is 0 Å². The van der Waals surface area contributed by atoms with Crippen LogP contribution in [0.4, 0.5) is 0 Å². The molecule has 4 heteroatoms. The van der Waals surface area contributed by atoms with Crippen LogP contribution in [-0.4, -0.2) is 17.9 Å². The van der Waals surface area contributed by atoms with Crippen molar-refractivity contribution in [1.29, 1.82) is 0 Å². The van der Waals surface area contributed by atoms with Crippen molar-refractivity contribution < 1.29 is 9.59 Å². The highest BCUT2D eigenvalue weighted by Gasteiger charge is 2.58. The first-order chi connectivity index (χ1) is 13.0. The van der Waals surface area contributed by atoms with Gasteiger partial charge in [0.15, 0.2) is 0 Å². The van der Waals surface area contributed by atoms with Crippen molar-refractivity contribution >= 4 is 11.8 Å². The molecule has 1 aromatic carbocycles. The van der Waals surface area contributed by atoms with Crippen LogP contribution in [0, 0.1) is 23.2 Å². The Bertz CT molecular complexity index is 737. The number of nitrogens with one attached hydrogen (secondary N) is 1. The van der Waals surface area contributed by atoms with Crippen LogP contribution < -0.4 is 11.1 Å². The molecule has 0 saturated heterocycles.